The SMILES string of the molecule is O=C(OCc1ccccc1)C(C(=O)N(Cc1ccc(Cl)nc1)c1ccccn1)c1ccc(C(F)(F)F)cc1[N+](=O)[O-]. The molecule has 4 rings (SSSR count). The van der Waals surface area contributed by atoms with Crippen LogP contribution in [0.5, 0.6) is 0 Å². The van der Waals surface area contributed by atoms with Gasteiger partial charge >= 0.3 is 12.1 Å². The van der Waals surface area contributed by atoms with Gasteiger partial charge in [0.2, 0.25) is 5.91 Å². The lowest BCUT2D eigenvalue weighted by atomic mass is 9.94. The number of carbonyl (C=O) groups excluding carboxylic acids is 2. The topological polar surface area (TPSA) is 116 Å². The molecule has 2 heterocycles. The Morgan fingerprint density at radius 1 is 0.976 bits per heavy atom. The lowest BCUT2D eigenvalue weighted by Gasteiger charge is -2.26. The molecule has 1 amide bonds. The fraction of sp³-hybridized carbons (Fsp3) is 0.143. The van der Waals surface area contributed by atoms with E-state index in [0.29, 0.717) is 17.2 Å². The summed E-state index contributed by atoms with van der Waals surface area (Å²) in [5.74, 6) is -4.15. The zero-order valence-electron chi connectivity index (χ0n) is 21.0. The Labute approximate surface area is 236 Å². The summed E-state index contributed by atoms with van der Waals surface area (Å²) < 4.78 is 45.6. The minimum Gasteiger partial charge on any atom is -0.460 e. The Morgan fingerprint density at radius 2 is 1.71 bits per heavy atom. The van der Waals surface area contributed by atoms with Crippen LogP contribution >= 0.6 is 11.6 Å². The van der Waals surface area contributed by atoms with Crippen molar-refractivity contribution in [2.45, 2.75) is 25.2 Å². The number of aromatic nitrogens is 2. The van der Waals surface area contributed by atoms with E-state index in [4.69, 9.17) is 16.3 Å². The molecule has 1 unspecified atom stereocenters. The Morgan fingerprint density at radius 3 is 2.32 bits per heavy atom. The molecule has 2 aromatic carbocycles. The summed E-state index contributed by atoms with van der Waals surface area (Å²) in [6, 6.07) is 17.7. The van der Waals surface area contributed by atoms with Gasteiger partial charge in [0.1, 0.15) is 17.6 Å². The van der Waals surface area contributed by atoms with Gasteiger partial charge in [-0.15, -0.1) is 0 Å². The summed E-state index contributed by atoms with van der Waals surface area (Å²) in [5, 5.41) is 12.1. The largest absolute Gasteiger partial charge is 0.460 e. The number of amides is 1. The molecule has 2 aromatic heterocycles. The van der Waals surface area contributed by atoms with Crippen LogP contribution in [0.3, 0.4) is 0 Å². The molecule has 0 saturated heterocycles. The molecular formula is C28H20ClF3N4O5. The van der Waals surface area contributed by atoms with Gasteiger partial charge in [-0.1, -0.05) is 60.1 Å². The number of nitrogens with zero attached hydrogens (tertiary/aromatic N) is 4. The number of anilines is 1. The first-order valence-electron chi connectivity index (χ1n) is 11.9. The number of halogens is 4. The second kappa shape index (κ2) is 12.6. The van der Waals surface area contributed by atoms with E-state index < -0.39 is 45.7 Å². The van der Waals surface area contributed by atoms with E-state index in [1.54, 1.807) is 48.5 Å². The average molecular weight is 585 g/mol. The number of hydrogen-bond acceptors (Lipinski definition) is 7. The third kappa shape index (κ3) is 7.22. The molecule has 0 radical (unpaired) electrons. The lowest BCUT2D eigenvalue weighted by molar-refractivity contribution is -0.385. The van der Waals surface area contributed by atoms with Gasteiger partial charge in [-0.25, -0.2) is 9.97 Å². The molecule has 0 bridgehead atoms. The first kappa shape index (κ1) is 29.2. The number of hydrogen-bond donors (Lipinski definition) is 0. The van der Waals surface area contributed by atoms with Crippen LogP contribution < -0.4 is 4.90 Å². The fourth-order valence-corrected chi connectivity index (χ4v) is 4.03. The number of ether oxygens (including phenoxy) is 1. The number of esters is 1. The van der Waals surface area contributed by atoms with E-state index in [1.807, 2.05) is 0 Å². The molecule has 0 aliphatic carbocycles. The van der Waals surface area contributed by atoms with Crippen molar-refractivity contribution in [3.8, 4) is 0 Å². The number of benzene rings is 2. The summed E-state index contributed by atoms with van der Waals surface area (Å²) >= 11 is 5.87. The van der Waals surface area contributed by atoms with E-state index in [2.05, 4.69) is 9.97 Å². The summed E-state index contributed by atoms with van der Waals surface area (Å²) in [5.41, 5.74) is -1.93. The average Bonchev–Trinajstić information content (AvgIpc) is 2.96. The number of pyridine rings is 2. The van der Waals surface area contributed by atoms with Crippen molar-refractivity contribution >= 4 is 35.0 Å². The van der Waals surface area contributed by atoms with Gasteiger partial charge in [0.05, 0.1) is 22.6 Å². The number of nitro groups is 1. The molecule has 0 aliphatic heterocycles. The number of carbonyl (C=O) groups is 2. The van der Waals surface area contributed by atoms with Crippen molar-refractivity contribution < 1.29 is 32.4 Å². The highest BCUT2D eigenvalue weighted by Crippen LogP contribution is 2.37. The maximum absolute atomic E-state index is 14.1. The van der Waals surface area contributed by atoms with Gasteiger partial charge in [-0.3, -0.25) is 24.6 Å². The molecule has 210 valence electrons. The van der Waals surface area contributed by atoms with Crippen LogP contribution in [0.4, 0.5) is 24.7 Å². The molecule has 4 aromatic rings. The van der Waals surface area contributed by atoms with Crippen LogP contribution in [-0.2, 0) is 33.7 Å². The van der Waals surface area contributed by atoms with Crippen LogP contribution in [0, 0.1) is 10.1 Å². The van der Waals surface area contributed by atoms with Crippen LogP contribution in [0.1, 0.15) is 28.2 Å². The molecule has 13 heteroatoms. The predicted molar refractivity (Wildman–Crippen MR) is 142 cm³/mol. The second-order valence-electron chi connectivity index (χ2n) is 8.66. The number of rotatable bonds is 9. The van der Waals surface area contributed by atoms with Gasteiger partial charge in [-0.2, -0.15) is 13.2 Å². The summed E-state index contributed by atoms with van der Waals surface area (Å²) in [7, 11) is 0. The van der Waals surface area contributed by atoms with Gasteiger partial charge in [-0.05, 0) is 35.4 Å². The van der Waals surface area contributed by atoms with Crippen molar-refractivity contribution in [3.63, 3.8) is 0 Å². The van der Waals surface area contributed by atoms with Crippen LogP contribution in [-0.4, -0.2) is 26.8 Å². The minimum absolute atomic E-state index is 0.0721. The third-order valence-electron chi connectivity index (χ3n) is 5.89. The smallest absolute Gasteiger partial charge is 0.416 e. The second-order valence-corrected chi connectivity index (χ2v) is 9.04. The zero-order valence-corrected chi connectivity index (χ0v) is 21.7. The zero-order chi connectivity index (χ0) is 29.6. The maximum Gasteiger partial charge on any atom is 0.416 e. The number of alkyl halides is 3. The van der Waals surface area contributed by atoms with Crippen LogP contribution in [0.15, 0.2) is 91.3 Å². The highest BCUT2D eigenvalue weighted by Gasteiger charge is 2.41. The Kier molecular flexibility index (Phi) is 8.93. The Bertz CT molecular complexity index is 1540. The van der Waals surface area contributed by atoms with Crippen molar-refractivity contribution in [3.05, 3.63) is 129 Å². The lowest BCUT2D eigenvalue weighted by Crippen LogP contribution is -2.39. The van der Waals surface area contributed by atoms with E-state index in [9.17, 15) is 32.9 Å². The van der Waals surface area contributed by atoms with E-state index in [1.165, 1.54) is 24.5 Å². The predicted octanol–water partition coefficient (Wildman–Crippen LogP) is 6.12. The van der Waals surface area contributed by atoms with E-state index in [-0.39, 0.29) is 30.2 Å². The first-order valence-corrected chi connectivity index (χ1v) is 12.3. The quantitative estimate of drug-likeness (QED) is 0.0765. The molecular weight excluding hydrogens is 565 g/mol. The molecule has 41 heavy (non-hydrogen) atoms. The Hall–Kier alpha value is -4.84. The molecule has 0 aliphatic rings. The molecule has 0 N–H and O–H groups in total. The molecule has 0 fully saturated rings. The Balaban J connectivity index is 1.81. The van der Waals surface area contributed by atoms with E-state index in [0.717, 1.165) is 11.0 Å². The highest BCUT2D eigenvalue weighted by atomic mass is 35.5. The van der Waals surface area contributed by atoms with Crippen molar-refractivity contribution in [2.75, 3.05) is 4.90 Å². The number of nitro benzene ring substituents is 1. The minimum atomic E-state index is -4.90. The fourth-order valence-electron chi connectivity index (χ4n) is 3.92. The summed E-state index contributed by atoms with van der Waals surface area (Å²) in [6.07, 6.45) is -2.13. The monoisotopic (exact) mass is 584 g/mol. The van der Waals surface area contributed by atoms with Crippen LogP contribution in [0.2, 0.25) is 5.15 Å². The van der Waals surface area contributed by atoms with Gasteiger partial charge in [0.25, 0.3) is 5.69 Å². The molecule has 9 nitrogen and oxygen atoms in total. The molecule has 1 atom stereocenters. The van der Waals surface area contributed by atoms with Crippen LogP contribution in [0.25, 0.3) is 0 Å². The van der Waals surface area contributed by atoms with E-state index >= 15 is 0 Å². The normalized spacial score (nSPS) is 11.9. The first-order chi connectivity index (χ1) is 19.5. The van der Waals surface area contributed by atoms with Crippen molar-refractivity contribution in [1.29, 1.82) is 0 Å². The third-order valence-corrected chi connectivity index (χ3v) is 6.12. The standard InChI is InChI=1S/C28H20ClF3N4O5/c29-23-12-9-19(15-34-23)16-35(24-8-4-5-13-33-24)26(37)25(27(38)41-17-18-6-2-1-3-7-18)21-11-10-20(28(30,31)32)14-22(21)36(39)40/h1-15,25H,16-17H2. The highest BCUT2D eigenvalue weighted by molar-refractivity contribution is 6.29. The van der Waals surface area contributed by atoms with Gasteiger partial charge in [0, 0.05) is 18.5 Å². The summed E-state index contributed by atoms with van der Waals surface area (Å²) in [4.78, 5) is 47.7. The van der Waals surface area contributed by atoms with Gasteiger partial charge < -0.3 is 4.74 Å². The summed E-state index contributed by atoms with van der Waals surface area (Å²) in [6.45, 7) is -0.487. The maximum atomic E-state index is 14.1. The van der Waals surface area contributed by atoms with Crippen molar-refractivity contribution in [1.82, 2.24) is 9.97 Å². The van der Waals surface area contributed by atoms with Gasteiger partial charge in [0.15, 0.2) is 5.92 Å². The molecule has 0 spiro atoms. The molecule has 0 saturated carbocycles. The van der Waals surface area contributed by atoms with Crippen molar-refractivity contribution in [2.24, 2.45) is 0 Å².